The minimum absolute atomic E-state index is 0.104. The van der Waals surface area contributed by atoms with Crippen LogP contribution in [0, 0.1) is 25.2 Å². The summed E-state index contributed by atoms with van der Waals surface area (Å²) >= 11 is 0. The number of rotatable bonds is 4. The number of amides is 1. The Balaban J connectivity index is 1.90. The molecule has 0 atom stereocenters. The zero-order valence-corrected chi connectivity index (χ0v) is 17.6. The molecular formula is C25H20N4O3. The highest BCUT2D eigenvalue weighted by atomic mass is 16.3. The van der Waals surface area contributed by atoms with Gasteiger partial charge in [0.1, 0.15) is 5.56 Å². The Morgan fingerprint density at radius 3 is 2.53 bits per heavy atom. The van der Waals surface area contributed by atoms with Crippen LogP contribution in [-0.4, -0.2) is 16.0 Å². The number of aromatic nitrogens is 1. The van der Waals surface area contributed by atoms with Crippen molar-refractivity contribution in [2.24, 2.45) is 4.99 Å². The van der Waals surface area contributed by atoms with Crippen molar-refractivity contribution in [2.45, 2.75) is 20.5 Å². The van der Waals surface area contributed by atoms with Gasteiger partial charge in [-0.25, -0.2) is 4.99 Å². The van der Waals surface area contributed by atoms with E-state index < -0.39 is 5.91 Å². The lowest BCUT2D eigenvalue weighted by atomic mass is 10.1. The van der Waals surface area contributed by atoms with Gasteiger partial charge in [0.05, 0.1) is 29.6 Å². The second kappa shape index (κ2) is 8.84. The van der Waals surface area contributed by atoms with Gasteiger partial charge in [0.2, 0.25) is 5.55 Å². The Morgan fingerprint density at radius 2 is 1.88 bits per heavy atom. The quantitative estimate of drug-likeness (QED) is 0.507. The van der Waals surface area contributed by atoms with E-state index in [4.69, 9.17) is 9.68 Å². The lowest BCUT2D eigenvalue weighted by Crippen LogP contribution is -2.22. The number of aliphatic hydroxyl groups is 1. The molecule has 4 aromatic rings. The molecule has 0 saturated carbocycles. The van der Waals surface area contributed by atoms with E-state index in [9.17, 15) is 9.90 Å². The SMILES string of the molecule is Cc1ccc(NC(=O)c2cc3c(CO)cnc(C)c3oc2=Nc2ccc(C#N)cc2)cc1. The number of anilines is 1. The molecule has 32 heavy (non-hydrogen) atoms. The summed E-state index contributed by atoms with van der Waals surface area (Å²) in [5.41, 5.74) is 4.66. The van der Waals surface area contributed by atoms with Crippen LogP contribution >= 0.6 is 0 Å². The summed E-state index contributed by atoms with van der Waals surface area (Å²) in [5.74, 6) is -0.398. The largest absolute Gasteiger partial charge is 0.436 e. The number of nitrogens with one attached hydrogen (secondary N) is 1. The van der Waals surface area contributed by atoms with Crippen LogP contribution in [0.25, 0.3) is 11.0 Å². The molecule has 0 bridgehead atoms. The van der Waals surface area contributed by atoms with E-state index in [2.05, 4.69) is 21.4 Å². The van der Waals surface area contributed by atoms with Crippen LogP contribution in [0.3, 0.4) is 0 Å². The van der Waals surface area contributed by atoms with E-state index in [0.717, 1.165) is 5.56 Å². The summed E-state index contributed by atoms with van der Waals surface area (Å²) in [6.45, 7) is 3.50. The molecule has 7 heteroatoms. The molecule has 4 rings (SSSR count). The minimum Gasteiger partial charge on any atom is -0.436 e. The summed E-state index contributed by atoms with van der Waals surface area (Å²) in [6.07, 6.45) is 1.56. The third kappa shape index (κ3) is 4.26. The average molecular weight is 424 g/mol. The zero-order chi connectivity index (χ0) is 22.7. The molecule has 0 spiro atoms. The number of aliphatic hydroxyl groups excluding tert-OH is 1. The smallest absolute Gasteiger partial charge is 0.261 e. The van der Waals surface area contributed by atoms with Gasteiger partial charge in [-0.05, 0) is 56.3 Å². The van der Waals surface area contributed by atoms with Crippen molar-refractivity contribution >= 4 is 28.3 Å². The summed E-state index contributed by atoms with van der Waals surface area (Å²) in [4.78, 5) is 22.0. The van der Waals surface area contributed by atoms with E-state index in [-0.39, 0.29) is 17.7 Å². The van der Waals surface area contributed by atoms with Gasteiger partial charge in [-0.2, -0.15) is 5.26 Å². The van der Waals surface area contributed by atoms with Gasteiger partial charge in [-0.3, -0.25) is 9.78 Å². The van der Waals surface area contributed by atoms with Crippen molar-refractivity contribution < 1.29 is 14.3 Å². The van der Waals surface area contributed by atoms with Crippen molar-refractivity contribution in [1.82, 2.24) is 4.98 Å². The van der Waals surface area contributed by atoms with Crippen molar-refractivity contribution in [3.05, 3.63) is 94.3 Å². The second-order valence-electron chi connectivity index (χ2n) is 7.33. The first-order chi connectivity index (χ1) is 15.5. The third-order valence-corrected chi connectivity index (χ3v) is 5.00. The third-order valence-electron chi connectivity index (χ3n) is 5.00. The lowest BCUT2D eigenvalue weighted by molar-refractivity contribution is 0.102. The fraction of sp³-hybridized carbons (Fsp3) is 0.120. The van der Waals surface area contributed by atoms with Crippen molar-refractivity contribution in [1.29, 1.82) is 5.26 Å². The first kappa shape index (κ1) is 21.0. The topological polar surface area (TPSA) is 112 Å². The molecule has 2 heterocycles. The van der Waals surface area contributed by atoms with Gasteiger partial charge in [-0.15, -0.1) is 0 Å². The van der Waals surface area contributed by atoms with Crippen LogP contribution in [0.1, 0.15) is 32.7 Å². The molecule has 0 fully saturated rings. The number of hydrogen-bond donors (Lipinski definition) is 2. The molecule has 2 aromatic carbocycles. The Labute approximate surface area is 184 Å². The molecule has 0 radical (unpaired) electrons. The summed E-state index contributed by atoms with van der Waals surface area (Å²) in [7, 11) is 0. The van der Waals surface area contributed by atoms with Crippen LogP contribution in [0.2, 0.25) is 0 Å². The summed E-state index contributed by atoms with van der Waals surface area (Å²) in [5, 5.41) is 22.2. The van der Waals surface area contributed by atoms with E-state index in [0.29, 0.717) is 39.2 Å². The van der Waals surface area contributed by atoms with Crippen LogP contribution in [0.4, 0.5) is 11.4 Å². The lowest BCUT2D eigenvalue weighted by Gasteiger charge is -2.10. The number of aryl methyl sites for hydroxylation is 2. The Morgan fingerprint density at radius 1 is 1.16 bits per heavy atom. The van der Waals surface area contributed by atoms with Crippen molar-refractivity contribution in [2.75, 3.05) is 5.32 Å². The molecule has 0 aliphatic carbocycles. The molecule has 2 aromatic heterocycles. The molecule has 1 amide bonds. The fourth-order valence-electron chi connectivity index (χ4n) is 3.22. The number of nitrogens with zero attached hydrogens (tertiary/aromatic N) is 3. The molecule has 0 aliphatic rings. The van der Waals surface area contributed by atoms with Gasteiger partial charge in [-0.1, -0.05) is 17.7 Å². The highest BCUT2D eigenvalue weighted by molar-refractivity contribution is 6.05. The second-order valence-corrected chi connectivity index (χ2v) is 7.33. The van der Waals surface area contributed by atoms with E-state index in [1.54, 1.807) is 43.5 Å². The summed E-state index contributed by atoms with van der Waals surface area (Å²) in [6, 6.07) is 17.8. The van der Waals surface area contributed by atoms with Gasteiger partial charge in [0.25, 0.3) is 5.91 Å². The molecule has 2 N–H and O–H groups in total. The maximum atomic E-state index is 13.2. The van der Waals surface area contributed by atoms with E-state index >= 15 is 0 Å². The van der Waals surface area contributed by atoms with Crippen molar-refractivity contribution in [3.8, 4) is 6.07 Å². The number of pyridine rings is 1. The molecule has 158 valence electrons. The standard InChI is InChI=1S/C25H20N4O3/c1-15-3-7-19(8-4-15)28-24(31)22-11-21-18(14-30)13-27-16(2)23(21)32-25(22)29-20-9-5-17(12-26)6-10-20/h3-11,13,30H,14H2,1-2H3,(H,28,31). The number of benzene rings is 2. The first-order valence-electron chi connectivity index (χ1n) is 9.94. The molecule has 0 aliphatic heterocycles. The van der Waals surface area contributed by atoms with E-state index in [1.807, 2.05) is 31.2 Å². The van der Waals surface area contributed by atoms with Crippen LogP contribution in [0.15, 0.2) is 70.2 Å². The average Bonchev–Trinajstić information content (AvgIpc) is 2.81. The first-order valence-corrected chi connectivity index (χ1v) is 9.94. The van der Waals surface area contributed by atoms with Crippen LogP contribution in [0.5, 0.6) is 0 Å². The predicted octanol–water partition coefficient (Wildman–Crippen LogP) is 4.29. The monoisotopic (exact) mass is 424 g/mol. The Kier molecular flexibility index (Phi) is 5.79. The molecule has 7 nitrogen and oxygen atoms in total. The van der Waals surface area contributed by atoms with Gasteiger partial charge in [0, 0.05) is 22.8 Å². The normalized spacial score (nSPS) is 11.4. The molecular weight excluding hydrogens is 404 g/mol. The van der Waals surface area contributed by atoms with Crippen LogP contribution < -0.4 is 10.9 Å². The predicted molar refractivity (Wildman–Crippen MR) is 120 cm³/mol. The maximum absolute atomic E-state index is 13.2. The number of hydrogen-bond acceptors (Lipinski definition) is 6. The van der Waals surface area contributed by atoms with E-state index in [1.165, 1.54) is 0 Å². The Bertz CT molecular complexity index is 1410. The van der Waals surface area contributed by atoms with Gasteiger partial charge >= 0.3 is 0 Å². The highest BCUT2D eigenvalue weighted by Crippen LogP contribution is 2.22. The summed E-state index contributed by atoms with van der Waals surface area (Å²) < 4.78 is 6.04. The molecule has 0 unspecified atom stereocenters. The van der Waals surface area contributed by atoms with Crippen LogP contribution in [-0.2, 0) is 6.61 Å². The minimum atomic E-state index is -0.398. The Hall–Kier alpha value is -4.28. The molecule has 0 saturated heterocycles. The number of carbonyl (C=O) groups excluding carboxylic acids is 1. The number of fused-ring (bicyclic) bond motifs is 1. The van der Waals surface area contributed by atoms with Gasteiger partial charge in [0.15, 0.2) is 5.58 Å². The van der Waals surface area contributed by atoms with Crippen molar-refractivity contribution in [3.63, 3.8) is 0 Å². The number of carbonyl (C=O) groups is 1. The zero-order valence-electron chi connectivity index (χ0n) is 17.6. The number of nitriles is 1. The van der Waals surface area contributed by atoms with Gasteiger partial charge < -0.3 is 14.8 Å². The fourth-order valence-corrected chi connectivity index (χ4v) is 3.22. The highest BCUT2D eigenvalue weighted by Gasteiger charge is 2.16. The maximum Gasteiger partial charge on any atom is 0.261 e.